The van der Waals surface area contributed by atoms with Crippen molar-refractivity contribution in [3.8, 4) is 5.75 Å². The Kier molecular flexibility index (Phi) is 6.88. The van der Waals surface area contributed by atoms with E-state index in [4.69, 9.17) is 4.74 Å². The molecule has 1 atom stereocenters. The number of hydrogen-bond acceptors (Lipinski definition) is 5. The lowest BCUT2D eigenvalue weighted by molar-refractivity contribution is -0.139. The number of ketones is 1. The Morgan fingerprint density at radius 3 is 2.64 bits per heavy atom. The van der Waals surface area contributed by atoms with Crippen LogP contribution >= 0.6 is 0 Å². The van der Waals surface area contributed by atoms with Crippen LogP contribution in [0.25, 0.3) is 5.76 Å². The first-order valence-corrected chi connectivity index (χ1v) is 11.1. The average Bonchev–Trinajstić information content (AvgIpc) is 3.45. The Hall–Kier alpha value is -3.87. The number of nitrogens with zero attached hydrogens (tertiary/aromatic N) is 3. The number of hydrogen-bond donors (Lipinski definition) is 1. The number of imidazole rings is 1. The van der Waals surface area contributed by atoms with E-state index in [0.717, 1.165) is 12.0 Å². The molecule has 1 saturated heterocycles. The summed E-state index contributed by atoms with van der Waals surface area (Å²) in [5, 5.41) is 11.1. The lowest BCUT2D eigenvalue weighted by atomic mass is 9.95. The van der Waals surface area contributed by atoms with Crippen LogP contribution in [0.5, 0.6) is 5.75 Å². The molecule has 1 amide bonds. The van der Waals surface area contributed by atoms with E-state index < -0.39 is 17.7 Å². The first kappa shape index (κ1) is 22.3. The first-order chi connectivity index (χ1) is 16.1. The third kappa shape index (κ3) is 4.82. The molecule has 7 nitrogen and oxygen atoms in total. The molecule has 0 bridgehead atoms. The van der Waals surface area contributed by atoms with Crippen LogP contribution in [0, 0.1) is 0 Å². The maximum absolute atomic E-state index is 13.1. The molecule has 0 aliphatic carbocycles. The van der Waals surface area contributed by atoms with Crippen molar-refractivity contribution >= 4 is 17.4 Å². The number of carbonyl (C=O) groups excluding carboxylic acids is 2. The molecule has 1 aromatic heterocycles. The second kappa shape index (κ2) is 10.2. The van der Waals surface area contributed by atoms with Gasteiger partial charge in [0.1, 0.15) is 11.5 Å². The summed E-state index contributed by atoms with van der Waals surface area (Å²) >= 11 is 0. The molecule has 1 aliphatic rings. The van der Waals surface area contributed by atoms with Crippen LogP contribution in [0.3, 0.4) is 0 Å². The first-order valence-electron chi connectivity index (χ1n) is 11.1. The van der Waals surface area contributed by atoms with Gasteiger partial charge in [0.05, 0.1) is 24.5 Å². The van der Waals surface area contributed by atoms with Crippen molar-refractivity contribution in [2.24, 2.45) is 0 Å². The fourth-order valence-electron chi connectivity index (χ4n) is 4.05. The van der Waals surface area contributed by atoms with Gasteiger partial charge in [0.15, 0.2) is 0 Å². The van der Waals surface area contributed by atoms with E-state index in [1.807, 2.05) is 48.0 Å². The minimum absolute atomic E-state index is 0.0986. The molecular weight excluding hydrogens is 418 g/mol. The molecule has 2 heterocycles. The predicted octanol–water partition coefficient (Wildman–Crippen LogP) is 4.18. The monoisotopic (exact) mass is 445 g/mol. The smallest absolute Gasteiger partial charge is 0.295 e. The van der Waals surface area contributed by atoms with E-state index in [9.17, 15) is 14.7 Å². The number of benzene rings is 2. The van der Waals surface area contributed by atoms with Gasteiger partial charge in [0, 0.05) is 31.0 Å². The normalized spacial score (nSPS) is 17.5. The molecule has 4 rings (SSSR count). The van der Waals surface area contributed by atoms with Gasteiger partial charge in [-0.3, -0.25) is 9.59 Å². The van der Waals surface area contributed by atoms with E-state index in [1.54, 1.807) is 41.7 Å². The number of aliphatic hydroxyl groups is 1. The van der Waals surface area contributed by atoms with Gasteiger partial charge in [-0.2, -0.15) is 0 Å². The lowest BCUT2D eigenvalue weighted by Gasteiger charge is -2.25. The fourth-order valence-corrected chi connectivity index (χ4v) is 4.05. The van der Waals surface area contributed by atoms with Gasteiger partial charge in [-0.25, -0.2) is 4.98 Å². The van der Waals surface area contributed by atoms with Crippen molar-refractivity contribution in [2.45, 2.75) is 32.4 Å². The Bertz CT molecular complexity index is 1140. The number of carbonyl (C=O) groups is 2. The number of aryl methyl sites for hydroxylation is 1. The maximum atomic E-state index is 13.1. The molecule has 0 radical (unpaired) electrons. The number of rotatable bonds is 9. The van der Waals surface area contributed by atoms with Crippen LogP contribution in [0.2, 0.25) is 0 Å². The Balaban J connectivity index is 1.72. The molecule has 1 fully saturated rings. The molecule has 0 saturated carbocycles. The van der Waals surface area contributed by atoms with Crippen LogP contribution < -0.4 is 4.74 Å². The molecule has 2 aromatic carbocycles. The van der Waals surface area contributed by atoms with Crippen LogP contribution in [0.4, 0.5) is 0 Å². The highest BCUT2D eigenvalue weighted by molar-refractivity contribution is 6.46. The summed E-state index contributed by atoms with van der Waals surface area (Å²) in [5.74, 6) is -0.791. The second-order valence-electron chi connectivity index (χ2n) is 7.93. The third-order valence-electron chi connectivity index (χ3n) is 5.61. The molecule has 170 valence electrons. The van der Waals surface area contributed by atoms with Gasteiger partial charge in [0.2, 0.25) is 0 Å². The van der Waals surface area contributed by atoms with Crippen molar-refractivity contribution in [3.63, 3.8) is 0 Å². The molecule has 1 aliphatic heterocycles. The molecule has 33 heavy (non-hydrogen) atoms. The van der Waals surface area contributed by atoms with E-state index in [0.29, 0.717) is 37.4 Å². The van der Waals surface area contributed by atoms with Gasteiger partial charge in [-0.05, 0) is 30.5 Å². The molecule has 1 unspecified atom stereocenters. The zero-order chi connectivity index (χ0) is 23.2. The quantitative estimate of drug-likeness (QED) is 0.303. The van der Waals surface area contributed by atoms with Gasteiger partial charge < -0.3 is 19.3 Å². The SMILES string of the molecule is CCCOc1cccc(C2/C(=C(/O)c3ccccc3)C(=O)C(=O)N2CCCn2ccnc2)c1. The summed E-state index contributed by atoms with van der Waals surface area (Å²) in [5.41, 5.74) is 1.32. The number of likely N-dealkylation sites (tertiary alicyclic amines) is 1. The maximum Gasteiger partial charge on any atom is 0.295 e. The molecular formula is C26H27N3O4. The van der Waals surface area contributed by atoms with Crippen molar-refractivity contribution < 1.29 is 19.4 Å². The van der Waals surface area contributed by atoms with E-state index in [-0.39, 0.29) is 11.3 Å². The summed E-state index contributed by atoms with van der Waals surface area (Å²) in [6.45, 7) is 3.62. The molecule has 7 heteroatoms. The largest absolute Gasteiger partial charge is 0.507 e. The highest BCUT2D eigenvalue weighted by Gasteiger charge is 2.45. The number of aliphatic hydroxyl groups excluding tert-OH is 1. The highest BCUT2D eigenvalue weighted by Crippen LogP contribution is 2.40. The van der Waals surface area contributed by atoms with E-state index >= 15 is 0 Å². The Labute approximate surface area is 192 Å². The number of Topliss-reactive ketones (excluding diaryl/α,β-unsaturated/α-hetero) is 1. The van der Waals surface area contributed by atoms with Gasteiger partial charge >= 0.3 is 0 Å². The fraction of sp³-hybridized carbons (Fsp3) is 0.269. The minimum Gasteiger partial charge on any atom is -0.507 e. The van der Waals surface area contributed by atoms with Crippen molar-refractivity contribution in [2.75, 3.05) is 13.2 Å². The summed E-state index contributed by atoms with van der Waals surface area (Å²) in [7, 11) is 0. The molecule has 0 spiro atoms. The average molecular weight is 446 g/mol. The van der Waals surface area contributed by atoms with Crippen molar-refractivity contribution in [3.05, 3.63) is 90.0 Å². The summed E-state index contributed by atoms with van der Waals surface area (Å²) < 4.78 is 7.70. The van der Waals surface area contributed by atoms with Gasteiger partial charge in [-0.1, -0.05) is 49.4 Å². The minimum atomic E-state index is -0.696. The van der Waals surface area contributed by atoms with Crippen molar-refractivity contribution in [1.82, 2.24) is 14.5 Å². The van der Waals surface area contributed by atoms with Crippen molar-refractivity contribution in [1.29, 1.82) is 0 Å². The number of aromatic nitrogens is 2. The highest BCUT2D eigenvalue weighted by atomic mass is 16.5. The zero-order valence-corrected chi connectivity index (χ0v) is 18.6. The summed E-state index contributed by atoms with van der Waals surface area (Å²) in [6.07, 6.45) is 6.78. The lowest BCUT2D eigenvalue weighted by Crippen LogP contribution is -2.31. The number of ether oxygens (including phenoxy) is 1. The second-order valence-corrected chi connectivity index (χ2v) is 7.93. The molecule has 1 N–H and O–H groups in total. The predicted molar refractivity (Wildman–Crippen MR) is 125 cm³/mol. The topological polar surface area (TPSA) is 84.7 Å². The van der Waals surface area contributed by atoms with Crippen LogP contribution in [0.15, 0.2) is 78.9 Å². The Morgan fingerprint density at radius 2 is 1.91 bits per heavy atom. The van der Waals surface area contributed by atoms with Crippen LogP contribution in [0.1, 0.15) is 36.9 Å². The summed E-state index contributed by atoms with van der Waals surface area (Å²) in [4.78, 5) is 31.8. The zero-order valence-electron chi connectivity index (χ0n) is 18.6. The van der Waals surface area contributed by atoms with E-state index in [2.05, 4.69) is 4.98 Å². The molecule has 3 aromatic rings. The standard InChI is InChI=1S/C26H27N3O4/c1-2-16-33-21-11-6-10-20(17-21)23-22(24(30)19-8-4-3-5-9-19)25(31)26(32)29(23)14-7-13-28-15-12-27-18-28/h3-6,8-12,15,17-18,23,30H,2,7,13-14,16H2,1H3/b24-22-. The Morgan fingerprint density at radius 1 is 1.09 bits per heavy atom. The van der Waals surface area contributed by atoms with Crippen LogP contribution in [-0.2, 0) is 16.1 Å². The van der Waals surface area contributed by atoms with E-state index in [1.165, 1.54) is 0 Å². The van der Waals surface area contributed by atoms with Crippen LogP contribution in [-0.4, -0.2) is 44.4 Å². The van der Waals surface area contributed by atoms with Gasteiger partial charge in [-0.15, -0.1) is 0 Å². The number of amides is 1. The van der Waals surface area contributed by atoms with Gasteiger partial charge in [0.25, 0.3) is 11.7 Å². The third-order valence-corrected chi connectivity index (χ3v) is 5.61. The summed E-state index contributed by atoms with van der Waals surface area (Å²) in [6, 6.07) is 15.5.